The van der Waals surface area contributed by atoms with E-state index in [4.69, 9.17) is 10.5 Å². The van der Waals surface area contributed by atoms with Crippen LogP contribution in [-0.4, -0.2) is 17.1 Å². The summed E-state index contributed by atoms with van der Waals surface area (Å²) < 4.78 is 5.21. The fraction of sp³-hybridized carbons (Fsp3) is 0.286. The molecule has 0 saturated heterocycles. The van der Waals surface area contributed by atoms with E-state index in [2.05, 4.69) is 9.97 Å². The lowest BCUT2D eigenvalue weighted by Gasteiger charge is -2.07. The maximum atomic E-state index is 6.03. The van der Waals surface area contributed by atoms with Gasteiger partial charge in [-0.05, 0) is 30.5 Å². The van der Waals surface area contributed by atoms with Crippen LogP contribution in [0.2, 0.25) is 0 Å². The van der Waals surface area contributed by atoms with Crippen LogP contribution in [0.1, 0.15) is 23.7 Å². The minimum absolute atomic E-state index is 0.0485. The third-order valence-electron chi connectivity index (χ3n) is 3.30. The number of hydrogen-bond donors (Lipinski definition) is 1. The smallest absolute Gasteiger partial charge is 0.159 e. The fourth-order valence-electron chi connectivity index (χ4n) is 2.28. The highest BCUT2D eigenvalue weighted by atomic mass is 16.5. The highest BCUT2D eigenvalue weighted by molar-refractivity contribution is 5.58. The Kier molecular flexibility index (Phi) is 2.72. The van der Waals surface area contributed by atoms with Gasteiger partial charge in [0.05, 0.1) is 12.8 Å². The van der Waals surface area contributed by atoms with E-state index >= 15 is 0 Å². The van der Waals surface area contributed by atoms with Crippen molar-refractivity contribution in [3.05, 3.63) is 41.7 Å². The van der Waals surface area contributed by atoms with Crippen LogP contribution in [-0.2, 0) is 6.42 Å². The molecule has 0 radical (unpaired) electrons. The predicted molar refractivity (Wildman–Crippen MR) is 69.3 cm³/mol. The molecule has 1 aromatic heterocycles. The summed E-state index contributed by atoms with van der Waals surface area (Å²) in [6.45, 7) is 0. The Morgan fingerprint density at radius 1 is 1.39 bits per heavy atom. The molecule has 1 aliphatic carbocycles. The van der Waals surface area contributed by atoms with Gasteiger partial charge in [0, 0.05) is 17.8 Å². The summed E-state index contributed by atoms with van der Waals surface area (Å²) >= 11 is 0. The van der Waals surface area contributed by atoms with Gasteiger partial charge in [0.25, 0.3) is 0 Å². The Morgan fingerprint density at radius 2 is 2.28 bits per heavy atom. The number of aryl methyl sites for hydroxylation is 1. The molecule has 92 valence electrons. The number of nitrogens with zero attached hydrogens (tertiary/aromatic N) is 2. The number of ether oxygens (including phenoxy) is 1. The summed E-state index contributed by atoms with van der Waals surface area (Å²) in [4.78, 5) is 9.00. The first-order valence-corrected chi connectivity index (χ1v) is 6.04. The van der Waals surface area contributed by atoms with Gasteiger partial charge >= 0.3 is 0 Å². The maximum Gasteiger partial charge on any atom is 0.159 e. The van der Waals surface area contributed by atoms with E-state index < -0.39 is 0 Å². The van der Waals surface area contributed by atoms with Gasteiger partial charge in [0.2, 0.25) is 0 Å². The first kappa shape index (κ1) is 11.2. The van der Waals surface area contributed by atoms with Crippen molar-refractivity contribution in [2.24, 2.45) is 5.73 Å². The first-order valence-electron chi connectivity index (χ1n) is 6.04. The Balaban J connectivity index is 2.04. The number of aromatic nitrogens is 2. The summed E-state index contributed by atoms with van der Waals surface area (Å²) in [7, 11) is 1.65. The van der Waals surface area contributed by atoms with Crippen molar-refractivity contribution in [2.75, 3.05) is 7.11 Å². The van der Waals surface area contributed by atoms with Crippen LogP contribution in [0.25, 0.3) is 11.4 Å². The molecule has 18 heavy (non-hydrogen) atoms. The van der Waals surface area contributed by atoms with Crippen molar-refractivity contribution in [1.82, 2.24) is 9.97 Å². The second-order valence-corrected chi connectivity index (χ2v) is 4.48. The van der Waals surface area contributed by atoms with Crippen LogP contribution in [0, 0.1) is 0 Å². The SMILES string of the molecule is COc1cccc(-c2ncc3c(n2)C(N)CC3)c1. The summed E-state index contributed by atoms with van der Waals surface area (Å²) in [6, 6.07) is 7.80. The summed E-state index contributed by atoms with van der Waals surface area (Å²) in [5, 5.41) is 0. The highest BCUT2D eigenvalue weighted by Crippen LogP contribution is 2.29. The Labute approximate surface area is 106 Å². The van der Waals surface area contributed by atoms with Crippen LogP contribution in [0.3, 0.4) is 0 Å². The van der Waals surface area contributed by atoms with E-state index in [-0.39, 0.29) is 6.04 Å². The van der Waals surface area contributed by atoms with Gasteiger partial charge in [-0.1, -0.05) is 12.1 Å². The van der Waals surface area contributed by atoms with Gasteiger partial charge < -0.3 is 10.5 Å². The molecule has 0 saturated carbocycles. The Morgan fingerprint density at radius 3 is 3.11 bits per heavy atom. The average molecular weight is 241 g/mol. The van der Waals surface area contributed by atoms with Crippen molar-refractivity contribution < 1.29 is 4.74 Å². The zero-order chi connectivity index (χ0) is 12.5. The average Bonchev–Trinajstić information content (AvgIpc) is 2.80. The number of rotatable bonds is 2. The van der Waals surface area contributed by atoms with E-state index in [0.29, 0.717) is 5.82 Å². The summed E-state index contributed by atoms with van der Waals surface area (Å²) in [5.74, 6) is 1.52. The van der Waals surface area contributed by atoms with Gasteiger partial charge in [-0.2, -0.15) is 0 Å². The third-order valence-corrected chi connectivity index (χ3v) is 3.30. The highest BCUT2D eigenvalue weighted by Gasteiger charge is 2.21. The number of benzene rings is 1. The zero-order valence-electron chi connectivity index (χ0n) is 10.3. The van der Waals surface area contributed by atoms with Crippen molar-refractivity contribution in [2.45, 2.75) is 18.9 Å². The quantitative estimate of drug-likeness (QED) is 0.874. The molecule has 2 aromatic rings. The molecule has 1 heterocycles. The molecule has 0 spiro atoms. The second-order valence-electron chi connectivity index (χ2n) is 4.48. The molecule has 3 rings (SSSR count). The summed E-state index contributed by atoms with van der Waals surface area (Å²) in [6.07, 6.45) is 3.84. The number of methoxy groups -OCH3 is 1. The van der Waals surface area contributed by atoms with E-state index in [1.165, 1.54) is 5.56 Å². The van der Waals surface area contributed by atoms with Crippen LogP contribution in [0.4, 0.5) is 0 Å². The van der Waals surface area contributed by atoms with E-state index in [1.54, 1.807) is 7.11 Å². The van der Waals surface area contributed by atoms with E-state index in [0.717, 1.165) is 29.8 Å². The molecule has 0 bridgehead atoms. The van der Waals surface area contributed by atoms with E-state index in [1.807, 2.05) is 30.5 Å². The van der Waals surface area contributed by atoms with Crippen molar-refractivity contribution >= 4 is 0 Å². The van der Waals surface area contributed by atoms with Crippen LogP contribution < -0.4 is 10.5 Å². The monoisotopic (exact) mass is 241 g/mol. The third kappa shape index (κ3) is 1.84. The molecule has 0 fully saturated rings. The lowest BCUT2D eigenvalue weighted by Crippen LogP contribution is -2.08. The normalized spacial score (nSPS) is 17.6. The molecule has 2 N–H and O–H groups in total. The van der Waals surface area contributed by atoms with Crippen molar-refractivity contribution in [3.63, 3.8) is 0 Å². The Hall–Kier alpha value is -1.94. The second kappa shape index (κ2) is 4.38. The van der Waals surface area contributed by atoms with Crippen molar-refractivity contribution in [3.8, 4) is 17.1 Å². The van der Waals surface area contributed by atoms with E-state index in [9.17, 15) is 0 Å². The molecular weight excluding hydrogens is 226 g/mol. The van der Waals surface area contributed by atoms with Crippen molar-refractivity contribution in [1.29, 1.82) is 0 Å². The molecule has 1 aromatic carbocycles. The zero-order valence-corrected chi connectivity index (χ0v) is 10.3. The lowest BCUT2D eigenvalue weighted by molar-refractivity contribution is 0.415. The number of fused-ring (bicyclic) bond motifs is 1. The van der Waals surface area contributed by atoms with Crippen LogP contribution in [0.5, 0.6) is 5.75 Å². The number of nitrogens with two attached hydrogens (primary N) is 1. The molecule has 1 unspecified atom stereocenters. The first-order chi connectivity index (χ1) is 8.78. The van der Waals surface area contributed by atoms with Crippen LogP contribution >= 0.6 is 0 Å². The summed E-state index contributed by atoms with van der Waals surface area (Å²) in [5.41, 5.74) is 9.15. The minimum atomic E-state index is 0.0485. The van der Waals surface area contributed by atoms with Gasteiger partial charge in [0.1, 0.15) is 5.75 Å². The van der Waals surface area contributed by atoms with Crippen LogP contribution in [0.15, 0.2) is 30.5 Å². The van der Waals surface area contributed by atoms with Gasteiger partial charge in [-0.15, -0.1) is 0 Å². The molecule has 0 aliphatic heterocycles. The lowest BCUT2D eigenvalue weighted by atomic mass is 10.2. The van der Waals surface area contributed by atoms with Gasteiger partial charge in [-0.25, -0.2) is 9.97 Å². The predicted octanol–water partition coefficient (Wildman–Crippen LogP) is 2.10. The number of hydrogen-bond acceptors (Lipinski definition) is 4. The topological polar surface area (TPSA) is 61.0 Å². The minimum Gasteiger partial charge on any atom is -0.497 e. The molecule has 0 amide bonds. The molecule has 4 heteroatoms. The Bertz CT molecular complexity index is 583. The molecule has 1 atom stereocenters. The maximum absolute atomic E-state index is 6.03. The molecule has 1 aliphatic rings. The van der Waals surface area contributed by atoms with Gasteiger partial charge in [0.15, 0.2) is 5.82 Å². The fourth-order valence-corrected chi connectivity index (χ4v) is 2.28. The largest absolute Gasteiger partial charge is 0.497 e. The molecular formula is C14H15N3O. The van der Waals surface area contributed by atoms with Gasteiger partial charge in [-0.3, -0.25) is 0 Å². The molecule has 4 nitrogen and oxygen atoms in total. The standard InChI is InChI=1S/C14H15N3O/c1-18-11-4-2-3-9(7-11)14-16-8-10-5-6-12(15)13(10)17-14/h2-4,7-8,12H,5-6,15H2,1H3.